The highest BCUT2D eigenvalue weighted by Crippen LogP contribution is 2.34. The molecule has 2 aromatic rings. The Morgan fingerprint density at radius 1 is 1.41 bits per heavy atom. The van der Waals surface area contributed by atoms with Crippen LogP contribution < -0.4 is 0 Å². The van der Waals surface area contributed by atoms with Crippen LogP contribution in [0.3, 0.4) is 0 Å². The predicted octanol–water partition coefficient (Wildman–Crippen LogP) is 3.64. The van der Waals surface area contributed by atoms with Gasteiger partial charge >= 0.3 is 0 Å². The van der Waals surface area contributed by atoms with Gasteiger partial charge in [-0.25, -0.2) is 0 Å². The van der Waals surface area contributed by atoms with Crippen LogP contribution in [-0.4, -0.2) is 19.7 Å². The van der Waals surface area contributed by atoms with E-state index in [4.69, 9.17) is 16.6 Å². The van der Waals surface area contributed by atoms with Crippen molar-refractivity contribution in [3.05, 3.63) is 52.1 Å². The van der Waals surface area contributed by atoms with Crippen molar-refractivity contribution < 1.29 is 9.21 Å². The van der Waals surface area contributed by atoms with Crippen LogP contribution in [0.1, 0.15) is 22.7 Å². The van der Waals surface area contributed by atoms with Crippen LogP contribution >= 0.6 is 24.0 Å². The van der Waals surface area contributed by atoms with Crippen molar-refractivity contribution in [3.63, 3.8) is 0 Å². The van der Waals surface area contributed by atoms with E-state index in [0.717, 1.165) is 22.7 Å². The third-order valence-corrected chi connectivity index (χ3v) is 5.25. The highest BCUT2D eigenvalue weighted by molar-refractivity contribution is 8.26. The summed E-state index contributed by atoms with van der Waals surface area (Å²) >= 11 is 6.67. The summed E-state index contributed by atoms with van der Waals surface area (Å²) in [6.45, 7) is 4.47. The Kier molecular flexibility index (Phi) is 3.97. The Morgan fingerprint density at radius 2 is 2.18 bits per heavy atom. The summed E-state index contributed by atoms with van der Waals surface area (Å²) < 4.78 is 7.97. The van der Waals surface area contributed by atoms with Crippen LogP contribution in [0, 0.1) is 13.8 Å². The summed E-state index contributed by atoms with van der Waals surface area (Å²) in [5.74, 6) is 0.664. The lowest BCUT2D eigenvalue weighted by atomic mass is 10.2. The van der Waals surface area contributed by atoms with Gasteiger partial charge in [-0.15, -0.1) is 0 Å². The molecule has 1 amide bonds. The number of aryl methyl sites for hydroxylation is 1. The van der Waals surface area contributed by atoms with Crippen LogP contribution in [0.25, 0.3) is 6.08 Å². The van der Waals surface area contributed by atoms with Crippen molar-refractivity contribution >= 4 is 40.3 Å². The molecule has 1 aliphatic heterocycles. The van der Waals surface area contributed by atoms with Gasteiger partial charge in [0.25, 0.3) is 5.91 Å². The highest BCUT2D eigenvalue weighted by Gasteiger charge is 2.32. The highest BCUT2D eigenvalue weighted by atomic mass is 32.2. The first-order valence-corrected chi connectivity index (χ1v) is 8.10. The third kappa shape index (κ3) is 2.64. The van der Waals surface area contributed by atoms with Crippen molar-refractivity contribution in [3.8, 4) is 0 Å². The first-order chi connectivity index (χ1) is 10.5. The van der Waals surface area contributed by atoms with Crippen molar-refractivity contribution in [2.24, 2.45) is 7.05 Å². The van der Waals surface area contributed by atoms with Crippen LogP contribution in [0.4, 0.5) is 0 Å². The molecule has 1 saturated heterocycles. The molecule has 0 radical (unpaired) electrons. The fourth-order valence-electron chi connectivity index (χ4n) is 2.37. The van der Waals surface area contributed by atoms with E-state index in [0.29, 0.717) is 15.8 Å². The van der Waals surface area contributed by atoms with E-state index < -0.39 is 0 Å². The van der Waals surface area contributed by atoms with Crippen LogP contribution in [0.2, 0.25) is 0 Å². The second-order valence-electron chi connectivity index (χ2n) is 5.23. The minimum atomic E-state index is -0.0627. The minimum Gasteiger partial charge on any atom is -0.467 e. The van der Waals surface area contributed by atoms with E-state index in [1.165, 1.54) is 11.8 Å². The fraction of sp³-hybridized carbons (Fsp3) is 0.250. The van der Waals surface area contributed by atoms with Gasteiger partial charge in [0.15, 0.2) is 0 Å². The number of nitrogens with zero attached hydrogens (tertiary/aromatic N) is 2. The molecular formula is C16H16N2O2S2. The number of hydrogen-bond donors (Lipinski definition) is 0. The van der Waals surface area contributed by atoms with Crippen LogP contribution in [0.5, 0.6) is 0 Å². The first kappa shape index (κ1) is 15.1. The molecule has 22 heavy (non-hydrogen) atoms. The van der Waals surface area contributed by atoms with Gasteiger partial charge in [-0.3, -0.25) is 9.69 Å². The average molecular weight is 332 g/mol. The summed E-state index contributed by atoms with van der Waals surface area (Å²) in [5.41, 5.74) is 3.35. The van der Waals surface area contributed by atoms with Gasteiger partial charge in [0.1, 0.15) is 10.1 Å². The Bertz CT molecular complexity index is 772. The van der Waals surface area contributed by atoms with E-state index in [1.807, 2.05) is 33.0 Å². The van der Waals surface area contributed by atoms with Gasteiger partial charge in [0, 0.05) is 18.4 Å². The van der Waals surface area contributed by atoms with Gasteiger partial charge < -0.3 is 8.98 Å². The molecule has 0 atom stereocenters. The first-order valence-electron chi connectivity index (χ1n) is 6.88. The zero-order chi connectivity index (χ0) is 15.9. The number of carbonyl (C=O) groups is 1. The molecule has 2 aromatic heterocycles. The quantitative estimate of drug-likeness (QED) is 0.635. The number of hydrogen-bond acceptors (Lipinski definition) is 4. The molecule has 0 saturated carbocycles. The zero-order valence-corrected chi connectivity index (χ0v) is 14.3. The summed E-state index contributed by atoms with van der Waals surface area (Å²) in [4.78, 5) is 14.8. The maximum Gasteiger partial charge on any atom is 0.266 e. The second kappa shape index (κ2) is 5.78. The van der Waals surface area contributed by atoms with E-state index in [2.05, 4.69) is 10.6 Å². The predicted molar refractivity (Wildman–Crippen MR) is 92.3 cm³/mol. The molecule has 4 nitrogen and oxygen atoms in total. The maximum absolute atomic E-state index is 12.6. The molecule has 0 N–H and O–H groups in total. The number of amides is 1. The van der Waals surface area contributed by atoms with Crippen LogP contribution in [0.15, 0.2) is 33.8 Å². The summed E-state index contributed by atoms with van der Waals surface area (Å²) in [6.07, 6.45) is 3.52. The lowest BCUT2D eigenvalue weighted by molar-refractivity contribution is -0.122. The Morgan fingerprint density at radius 3 is 2.77 bits per heavy atom. The molecule has 3 rings (SSSR count). The van der Waals surface area contributed by atoms with Crippen molar-refractivity contribution in [1.82, 2.24) is 9.47 Å². The standard InChI is InChI=1S/C16H16N2O2S2/c1-10-7-12(11(2)17(10)3)8-14-15(19)18(16(21)22-14)9-13-5-4-6-20-13/h4-8H,9H2,1-3H3. The molecule has 0 spiro atoms. The SMILES string of the molecule is Cc1cc(C=C2SC(=S)N(Cc3ccco3)C2=O)c(C)n1C. The maximum atomic E-state index is 12.6. The Balaban J connectivity index is 1.87. The normalized spacial score (nSPS) is 17.0. The number of thiocarbonyl (C=S) groups is 1. The van der Waals surface area contributed by atoms with Gasteiger partial charge in [0.05, 0.1) is 17.7 Å². The van der Waals surface area contributed by atoms with Crippen molar-refractivity contribution in [2.75, 3.05) is 0 Å². The van der Waals surface area contributed by atoms with E-state index in [1.54, 1.807) is 17.2 Å². The fourth-order valence-corrected chi connectivity index (χ4v) is 3.61. The number of furan rings is 1. The number of carbonyl (C=O) groups excluding carboxylic acids is 1. The topological polar surface area (TPSA) is 38.4 Å². The molecule has 0 aliphatic carbocycles. The van der Waals surface area contributed by atoms with Gasteiger partial charge in [0.2, 0.25) is 0 Å². The van der Waals surface area contributed by atoms with Gasteiger partial charge in [-0.05, 0) is 43.7 Å². The monoisotopic (exact) mass is 332 g/mol. The molecule has 0 bridgehead atoms. The Hall–Kier alpha value is -1.79. The minimum absolute atomic E-state index is 0.0627. The number of thioether (sulfide) groups is 1. The lowest BCUT2D eigenvalue weighted by Gasteiger charge is -2.11. The van der Waals surface area contributed by atoms with E-state index in [9.17, 15) is 4.79 Å². The number of aromatic nitrogens is 1. The Labute approximate surface area is 138 Å². The van der Waals surface area contributed by atoms with E-state index in [-0.39, 0.29) is 5.91 Å². The van der Waals surface area contributed by atoms with Crippen molar-refractivity contribution in [1.29, 1.82) is 0 Å². The van der Waals surface area contributed by atoms with Gasteiger partial charge in [-0.2, -0.15) is 0 Å². The van der Waals surface area contributed by atoms with Gasteiger partial charge in [-0.1, -0.05) is 24.0 Å². The summed E-state index contributed by atoms with van der Waals surface area (Å²) in [5, 5.41) is 0. The van der Waals surface area contributed by atoms with Crippen molar-refractivity contribution in [2.45, 2.75) is 20.4 Å². The number of rotatable bonds is 3. The summed E-state index contributed by atoms with van der Waals surface area (Å²) in [7, 11) is 2.02. The molecular weight excluding hydrogens is 316 g/mol. The summed E-state index contributed by atoms with van der Waals surface area (Å²) in [6, 6.07) is 5.72. The third-order valence-electron chi connectivity index (χ3n) is 3.87. The zero-order valence-electron chi connectivity index (χ0n) is 12.6. The molecule has 114 valence electrons. The lowest BCUT2D eigenvalue weighted by Crippen LogP contribution is -2.27. The second-order valence-corrected chi connectivity index (χ2v) is 6.91. The molecule has 0 unspecified atom stereocenters. The molecule has 3 heterocycles. The smallest absolute Gasteiger partial charge is 0.266 e. The van der Waals surface area contributed by atoms with E-state index >= 15 is 0 Å². The molecule has 0 aromatic carbocycles. The van der Waals surface area contributed by atoms with Crippen LogP contribution in [-0.2, 0) is 18.4 Å². The average Bonchev–Trinajstić information content (AvgIpc) is 3.14. The molecule has 1 aliphatic rings. The largest absolute Gasteiger partial charge is 0.467 e. The molecule has 6 heteroatoms. The molecule has 1 fully saturated rings.